The number of nitrogens with one attached hydrogen (secondary N) is 1. The minimum atomic E-state index is -3.82. The highest BCUT2D eigenvalue weighted by atomic mass is 32.2. The molecule has 0 saturated carbocycles. The molecule has 0 radical (unpaired) electrons. The van der Waals surface area contributed by atoms with E-state index < -0.39 is 34.1 Å². The topological polar surface area (TPSA) is 96.0 Å². The van der Waals surface area contributed by atoms with Crippen LogP contribution < -0.4 is 14.4 Å². The quantitative estimate of drug-likeness (QED) is 0.374. The fourth-order valence-corrected chi connectivity index (χ4v) is 5.21. The van der Waals surface area contributed by atoms with Crippen molar-refractivity contribution in [2.45, 2.75) is 52.2 Å². The fraction of sp³-hybridized carbons (Fsp3) is 0.355. The van der Waals surface area contributed by atoms with Gasteiger partial charge in [0, 0.05) is 18.5 Å². The first-order valence-corrected chi connectivity index (χ1v) is 14.9. The smallest absolute Gasteiger partial charge is 0.244 e. The van der Waals surface area contributed by atoms with Crippen LogP contribution in [0.1, 0.15) is 37.5 Å². The molecule has 1 atom stereocenters. The maximum Gasteiger partial charge on any atom is 0.244 e. The van der Waals surface area contributed by atoms with E-state index in [0.29, 0.717) is 11.4 Å². The molecular weight excluding hydrogens is 526 g/mol. The Morgan fingerprint density at radius 3 is 2.17 bits per heavy atom. The monoisotopic (exact) mass is 565 g/mol. The van der Waals surface area contributed by atoms with Crippen LogP contribution in [0.5, 0.6) is 5.75 Å². The van der Waals surface area contributed by atoms with Crippen molar-refractivity contribution in [3.05, 3.63) is 95.6 Å². The van der Waals surface area contributed by atoms with Gasteiger partial charge in [-0.3, -0.25) is 13.9 Å². The molecule has 3 aromatic carbocycles. The number of hydrogen-bond acceptors (Lipinski definition) is 5. The lowest BCUT2D eigenvalue weighted by molar-refractivity contribution is -0.140. The highest BCUT2D eigenvalue weighted by Gasteiger charge is 2.34. The van der Waals surface area contributed by atoms with Gasteiger partial charge in [0.2, 0.25) is 21.8 Å². The third-order valence-electron chi connectivity index (χ3n) is 6.23. The summed E-state index contributed by atoms with van der Waals surface area (Å²) in [7, 11) is -2.26. The molecule has 214 valence electrons. The summed E-state index contributed by atoms with van der Waals surface area (Å²) in [6.45, 7) is 7.11. The van der Waals surface area contributed by atoms with Crippen molar-refractivity contribution in [3.8, 4) is 5.75 Å². The van der Waals surface area contributed by atoms with Gasteiger partial charge >= 0.3 is 0 Å². The number of methoxy groups -OCH3 is 1. The lowest BCUT2D eigenvalue weighted by atomic mass is 10.0. The summed E-state index contributed by atoms with van der Waals surface area (Å²) in [5, 5.41) is 3.02. The molecule has 0 aliphatic heterocycles. The lowest BCUT2D eigenvalue weighted by Gasteiger charge is -2.35. The molecule has 0 aliphatic carbocycles. The van der Waals surface area contributed by atoms with Crippen LogP contribution in [0, 0.1) is 6.92 Å². The molecule has 1 N–H and O–H groups in total. The largest absolute Gasteiger partial charge is 0.497 e. The maximum absolute atomic E-state index is 14.1. The molecular formula is C31H39N3O5S. The molecule has 0 bridgehead atoms. The third-order valence-corrected chi connectivity index (χ3v) is 7.37. The molecule has 0 heterocycles. The van der Waals surface area contributed by atoms with Crippen molar-refractivity contribution >= 4 is 27.5 Å². The number of amides is 2. The second kappa shape index (κ2) is 13.0. The Kier molecular flexibility index (Phi) is 9.98. The van der Waals surface area contributed by atoms with Gasteiger partial charge < -0.3 is 15.0 Å². The number of carbonyl (C=O) groups excluding carboxylic acids is 2. The zero-order valence-corrected chi connectivity index (χ0v) is 24.9. The van der Waals surface area contributed by atoms with Crippen molar-refractivity contribution in [2.24, 2.45) is 0 Å². The molecule has 0 unspecified atom stereocenters. The zero-order chi connectivity index (χ0) is 29.5. The Morgan fingerprint density at radius 2 is 1.57 bits per heavy atom. The molecule has 0 saturated heterocycles. The first-order valence-electron chi connectivity index (χ1n) is 13.1. The summed E-state index contributed by atoms with van der Waals surface area (Å²) >= 11 is 0. The predicted molar refractivity (Wildman–Crippen MR) is 159 cm³/mol. The average Bonchev–Trinajstić information content (AvgIpc) is 2.88. The van der Waals surface area contributed by atoms with E-state index in [-0.39, 0.29) is 18.9 Å². The third kappa shape index (κ3) is 8.84. The Hall–Kier alpha value is -3.85. The van der Waals surface area contributed by atoms with Gasteiger partial charge in [0.25, 0.3) is 0 Å². The minimum absolute atomic E-state index is 0.0799. The Balaban J connectivity index is 2.09. The fourth-order valence-electron chi connectivity index (χ4n) is 4.37. The van der Waals surface area contributed by atoms with Crippen LogP contribution in [0.2, 0.25) is 0 Å². The number of sulfonamides is 1. The highest BCUT2D eigenvalue weighted by Crippen LogP contribution is 2.22. The Bertz CT molecular complexity index is 1420. The van der Waals surface area contributed by atoms with Gasteiger partial charge in [0.1, 0.15) is 18.3 Å². The molecule has 9 heteroatoms. The van der Waals surface area contributed by atoms with E-state index in [1.165, 1.54) is 4.90 Å². The van der Waals surface area contributed by atoms with E-state index in [4.69, 9.17) is 4.74 Å². The molecule has 8 nitrogen and oxygen atoms in total. The predicted octanol–water partition coefficient (Wildman–Crippen LogP) is 4.32. The molecule has 40 heavy (non-hydrogen) atoms. The van der Waals surface area contributed by atoms with E-state index in [2.05, 4.69) is 5.32 Å². The second-order valence-electron chi connectivity index (χ2n) is 10.9. The van der Waals surface area contributed by atoms with Crippen LogP contribution in [0.15, 0.2) is 78.9 Å². The number of nitrogens with zero attached hydrogens (tertiary/aromatic N) is 2. The summed E-state index contributed by atoms with van der Waals surface area (Å²) in [5.41, 5.74) is 2.32. The molecule has 0 aromatic heterocycles. The minimum Gasteiger partial charge on any atom is -0.497 e. The number of hydrogen-bond donors (Lipinski definition) is 1. The maximum atomic E-state index is 14.1. The van der Waals surface area contributed by atoms with Crippen molar-refractivity contribution in [3.63, 3.8) is 0 Å². The van der Waals surface area contributed by atoms with Crippen LogP contribution in [-0.4, -0.2) is 56.6 Å². The summed E-state index contributed by atoms with van der Waals surface area (Å²) in [6, 6.07) is 22.8. The number of carbonyl (C=O) groups is 2. The summed E-state index contributed by atoms with van der Waals surface area (Å²) in [6.07, 6.45) is 1.32. The van der Waals surface area contributed by atoms with E-state index in [1.54, 1.807) is 37.4 Å². The van der Waals surface area contributed by atoms with Crippen LogP contribution >= 0.6 is 0 Å². The van der Waals surface area contributed by atoms with Gasteiger partial charge in [-0.25, -0.2) is 8.42 Å². The number of rotatable bonds is 11. The zero-order valence-electron chi connectivity index (χ0n) is 24.0. The van der Waals surface area contributed by atoms with E-state index >= 15 is 0 Å². The van der Waals surface area contributed by atoms with Crippen molar-refractivity contribution in [1.29, 1.82) is 0 Å². The number of anilines is 1. The van der Waals surface area contributed by atoms with Gasteiger partial charge in [0.15, 0.2) is 0 Å². The van der Waals surface area contributed by atoms with Gasteiger partial charge in [-0.2, -0.15) is 0 Å². The van der Waals surface area contributed by atoms with E-state index in [0.717, 1.165) is 27.3 Å². The summed E-state index contributed by atoms with van der Waals surface area (Å²) in [5.74, 6) is -0.213. The summed E-state index contributed by atoms with van der Waals surface area (Å²) in [4.78, 5) is 29.4. The van der Waals surface area contributed by atoms with Gasteiger partial charge in [-0.15, -0.1) is 0 Å². The van der Waals surface area contributed by atoms with E-state index in [1.807, 2.05) is 76.2 Å². The molecule has 2 amide bonds. The molecule has 3 aromatic rings. The van der Waals surface area contributed by atoms with Crippen LogP contribution in [0.25, 0.3) is 0 Å². The number of benzene rings is 3. The van der Waals surface area contributed by atoms with Gasteiger partial charge in [0.05, 0.1) is 19.1 Å². The number of ether oxygens (including phenoxy) is 1. The molecule has 0 spiro atoms. The highest BCUT2D eigenvalue weighted by molar-refractivity contribution is 7.92. The van der Waals surface area contributed by atoms with Crippen LogP contribution in [-0.2, 0) is 32.6 Å². The average molecular weight is 566 g/mol. The Labute approximate surface area is 238 Å². The first-order chi connectivity index (χ1) is 18.8. The van der Waals surface area contributed by atoms with Crippen LogP contribution in [0.3, 0.4) is 0 Å². The van der Waals surface area contributed by atoms with Gasteiger partial charge in [-0.1, -0.05) is 54.6 Å². The molecule has 0 aliphatic rings. The number of aryl methyl sites for hydroxylation is 1. The summed E-state index contributed by atoms with van der Waals surface area (Å²) < 4.78 is 32.2. The lowest BCUT2D eigenvalue weighted by Crippen LogP contribution is -2.56. The SMILES string of the molecule is COc1cccc(CN(C(=O)CN(c2cccc(C)c2)S(C)(=O)=O)[C@@H](Cc2ccccc2)C(=O)NC(C)(C)C)c1. The molecule has 3 rings (SSSR count). The standard InChI is InChI=1S/C31H39N3O5S/c1-23-12-10-16-26(18-23)34(40(6,37)38)22-29(35)33(21-25-15-11-17-27(19-25)39-5)28(30(36)32-31(2,3)4)20-24-13-8-7-9-14-24/h7-19,28H,20-22H2,1-6H3,(H,32,36)/t28-/m0/s1. The van der Waals surface area contributed by atoms with E-state index in [9.17, 15) is 18.0 Å². The van der Waals surface area contributed by atoms with Crippen LogP contribution in [0.4, 0.5) is 5.69 Å². The van der Waals surface area contributed by atoms with Gasteiger partial charge in [-0.05, 0) is 68.7 Å². The molecule has 0 fully saturated rings. The first kappa shape index (κ1) is 30.7. The second-order valence-corrected chi connectivity index (χ2v) is 12.8. The van der Waals surface area contributed by atoms with Crippen molar-refractivity contribution in [1.82, 2.24) is 10.2 Å². The van der Waals surface area contributed by atoms with Crippen molar-refractivity contribution in [2.75, 3.05) is 24.2 Å². The Morgan fingerprint density at radius 1 is 0.925 bits per heavy atom. The van der Waals surface area contributed by atoms with Crippen molar-refractivity contribution < 1.29 is 22.7 Å². The normalized spacial score (nSPS) is 12.3.